The number of nitrogens with one attached hydrogen (secondary N) is 3. The van der Waals surface area contributed by atoms with Crippen LogP contribution in [0.25, 0.3) is 0 Å². The summed E-state index contributed by atoms with van der Waals surface area (Å²) in [7, 11) is 4.53. The molecule has 2 aliphatic rings. The number of nitriles is 1. The van der Waals surface area contributed by atoms with E-state index in [1.54, 1.807) is 7.05 Å². The van der Waals surface area contributed by atoms with Gasteiger partial charge in [0.15, 0.2) is 6.10 Å². The van der Waals surface area contributed by atoms with E-state index >= 15 is 0 Å². The molecular weight excluding hydrogens is 791 g/mol. The minimum Gasteiger partial charge on any atom is -0.451 e. The molecule has 15 nitrogen and oxygen atoms in total. The highest BCUT2D eigenvalue weighted by atomic mass is 16.5. The van der Waals surface area contributed by atoms with Crippen molar-refractivity contribution in [3.63, 3.8) is 0 Å². The Balaban J connectivity index is 2.85. The van der Waals surface area contributed by atoms with Crippen molar-refractivity contribution in [2.75, 3.05) is 21.1 Å². The number of hydrogen-bond donors (Lipinski definition) is 3. The maximum atomic E-state index is 14.8. The van der Waals surface area contributed by atoms with Crippen molar-refractivity contribution in [3.05, 3.63) is 0 Å². The molecule has 1 aliphatic carbocycles. The van der Waals surface area contributed by atoms with Crippen LogP contribution in [0.3, 0.4) is 0 Å². The van der Waals surface area contributed by atoms with Gasteiger partial charge in [0.2, 0.25) is 29.5 Å². The summed E-state index contributed by atoms with van der Waals surface area (Å²) in [6.07, 6.45) is 7.19. The van der Waals surface area contributed by atoms with E-state index in [2.05, 4.69) is 22.9 Å². The molecule has 1 heterocycles. The molecule has 62 heavy (non-hydrogen) atoms. The molecule has 6 amide bonds. The Hall–Kier alpha value is -4.22. The Bertz CT molecular complexity index is 1540. The minimum absolute atomic E-state index is 0.0218. The molecule has 1 saturated carbocycles. The number of carbonyl (C=O) groups is 7. The third-order valence-electron chi connectivity index (χ3n) is 12.5. The highest BCUT2D eigenvalue weighted by Crippen LogP contribution is 2.29. The van der Waals surface area contributed by atoms with Crippen LogP contribution in [0.5, 0.6) is 0 Å². The predicted molar refractivity (Wildman–Crippen MR) is 239 cm³/mol. The van der Waals surface area contributed by atoms with Gasteiger partial charge in [0.25, 0.3) is 5.91 Å². The predicted octanol–water partition coefficient (Wildman–Crippen LogP) is 5.50. The summed E-state index contributed by atoms with van der Waals surface area (Å²) >= 11 is 0. The summed E-state index contributed by atoms with van der Waals surface area (Å²) < 4.78 is 5.75. The molecule has 0 aromatic carbocycles. The molecule has 0 aromatic heterocycles. The maximum absolute atomic E-state index is 14.8. The van der Waals surface area contributed by atoms with Gasteiger partial charge in [-0.05, 0) is 68.6 Å². The third-order valence-corrected chi connectivity index (χ3v) is 12.5. The average Bonchev–Trinajstić information content (AvgIpc) is 3.22. The van der Waals surface area contributed by atoms with Gasteiger partial charge in [0, 0.05) is 34.0 Å². The van der Waals surface area contributed by atoms with E-state index < -0.39 is 83.8 Å². The average molecular weight is 872 g/mol. The minimum atomic E-state index is -1.46. The molecule has 15 heteroatoms. The lowest BCUT2D eigenvalue weighted by Crippen LogP contribution is -2.60. The number of carbonyl (C=O) groups excluding carboxylic acids is 7. The zero-order valence-corrected chi connectivity index (χ0v) is 40.1. The smallest absolute Gasteiger partial charge is 0.329 e. The monoisotopic (exact) mass is 872 g/mol. The summed E-state index contributed by atoms with van der Waals surface area (Å²) in [4.78, 5) is 105. The molecule has 3 unspecified atom stereocenters. The van der Waals surface area contributed by atoms with Crippen LogP contribution in [0.15, 0.2) is 0 Å². The lowest BCUT2D eigenvalue weighted by atomic mass is 9.84. The summed E-state index contributed by atoms with van der Waals surface area (Å²) in [5, 5.41) is 18.2. The van der Waals surface area contributed by atoms with Crippen molar-refractivity contribution in [1.29, 1.82) is 5.26 Å². The standard InChI is InChI=1S/C47H81N7O8/c1-13-14-19-32(8)27-37-44(58)52(10)33(9)47(61)62-40(22-18-23-48)43(57)51-36(25-30(4)5)46(60)53(11)38(26-31(6)7)41(55)49-35(24-29(2)3)45(59)54(12)39(42(56)50-37)28-34-20-16-15-17-21-34/h29-40H,13-22,24-28H2,1-12H3,(H,49,55)(H,50,56)(H,51,57)/t32-,33?,35?,36+,37+,38?,39+,40-/m1/s1. The first-order valence-electron chi connectivity index (χ1n) is 23.4. The zero-order chi connectivity index (χ0) is 46.8. The van der Waals surface area contributed by atoms with Crippen LogP contribution in [0.2, 0.25) is 0 Å². The van der Waals surface area contributed by atoms with Crippen LogP contribution in [0, 0.1) is 40.9 Å². The summed E-state index contributed by atoms with van der Waals surface area (Å²) in [6, 6.07) is -4.42. The highest BCUT2D eigenvalue weighted by Gasteiger charge is 2.41. The number of amides is 6. The van der Waals surface area contributed by atoms with Crippen LogP contribution in [0.1, 0.15) is 159 Å². The number of rotatable bonds is 15. The van der Waals surface area contributed by atoms with Crippen LogP contribution >= 0.6 is 0 Å². The highest BCUT2D eigenvalue weighted by molar-refractivity contribution is 5.97. The van der Waals surface area contributed by atoms with E-state index in [0.717, 1.165) is 51.4 Å². The number of nitrogens with zero attached hydrogens (tertiary/aromatic N) is 4. The Labute approximate surface area is 372 Å². The van der Waals surface area contributed by atoms with Gasteiger partial charge in [0.1, 0.15) is 36.3 Å². The summed E-state index contributed by atoms with van der Waals surface area (Å²) in [5.41, 5.74) is 0. The van der Waals surface area contributed by atoms with Crippen molar-refractivity contribution in [2.24, 2.45) is 29.6 Å². The first kappa shape index (κ1) is 53.9. The quantitative estimate of drug-likeness (QED) is 0.178. The molecular formula is C47H81N7O8. The maximum Gasteiger partial charge on any atom is 0.329 e. The lowest BCUT2D eigenvalue weighted by molar-refractivity contribution is -0.163. The van der Waals surface area contributed by atoms with Gasteiger partial charge >= 0.3 is 5.97 Å². The number of esters is 1. The van der Waals surface area contributed by atoms with Crippen molar-refractivity contribution in [2.45, 2.75) is 201 Å². The Morgan fingerprint density at radius 2 is 1.13 bits per heavy atom. The summed E-state index contributed by atoms with van der Waals surface area (Å²) in [5.74, 6) is -4.23. The molecule has 0 radical (unpaired) electrons. The fourth-order valence-electron chi connectivity index (χ4n) is 8.62. The van der Waals surface area contributed by atoms with Crippen LogP contribution in [-0.4, -0.2) is 120 Å². The van der Waals surface area contributed by atoms with Crippen LogP contribution < -0.4 is 16.0 Å². The van der Waals surface area contributed by atoms with Crippen LogP contribution in [0.4, 0.5) is 0 Å². The van der Waals surface area contributed by atoms with Gasteiger partial charge in [-0.25, -0.2) is 4.79 Å². The molecule has 1 aliphatic heterocycles. The molecule has 352 valence electrons. The van der Waals surface area contributed by atoms with E-state index in [-0.39, 0.29) is 68.1 Å². The first-order valence-corrected chi connectivity index (χ1v) is 23.4. The Morgan fingerprint density at radius 3 is 1.63 bits per heavy atom. The zero-order valence-electron chi connectivity index (χ0n) is 40.1. The number of hydrogen-bond acceptors (Lipinski definition) is 9. The lowest BCUT2D eigenvalue weighted by Gasteiger charge is -2.37. The number of unbranched alkanes of at least 4 members (excludes halogenated alkanes) is 1. The molecule has 0 bridgehead atoms. The number of ether oxygens (including phenoxy) is 1. The normalized spacial score (nSPS) is 26.8. The SMILES string of the molecule is CCCC[C@@H](C)C[C@@H]1NC(=O)[C@H](CC2CCCCC2)N(C)C(=O)C(CC(C)C)NC(=O)C(CC(C)C)N(C)C(=O)[C@H](CC(C)C)NC(=O)[C@@H](CCC#N)OC(=O)C(C)N(C)C1=O. The van der Waals surface area contributed by atoms with E-state index in [0.29, 0.717) is 6.42 Å². The number of likely N-dealkylation sites (N-methyl/N-ethyl adjacent to an activating group) is 3. The fourth-order valence-corrected chi connectivity index (χ4v) is 8.62. The van der Waals surface area contributed by atoms with Crippen molar-refractivity contribution in [3.8, 4) is 6.07 Å². The van der Waals surface area contributed by atoms with E-state index in [1.807, 2.05) is 54.5 Å². The molecule has 0 aromatic rings. The van der Waals surface area contributed by atoms with Gasteiger partial charge < -0.3 is 35.4 Å². The second-order valence-electron chi connectivity index (χ2n) is 19.5. The van der Waals surface area contributed by atoms with Crippen molar-refractivity contribution < 1.29 is 38.3 Å². The Morgan fingerprint density at radius 1 is 0.661 bits per heavy atom. The van der Waals surface area contributed by atoms with E-state index in [4.69, 9.17) is 4.74 Å². The van der Waals surface area contributed by atoms with Gasteiger partial charge in [-0.1, -0.05) is 107 Å². The van der Waals surface area contributed by atoms with Gasteiger partial charge in [-0.2, -0.15) is 5.26 Å². The first-order chi connectivity index (χ1) is 29.1. The van der Waals surface area contributed by atoms with Crippen molar-refractivity contribution in [1.82, 2.24) is 30.7 Å². The largest absolute Gasteiger partial charge is 0.451 e. The van der Waals surface area contributed by atoms with Gasteiger partial charge in [-0.3, -0.25) is 28.8 Å². The molecule has 3 N–H and O–H groups in total. The van der Waals surface area contributed by atoms with Gasteiger partial charge in [0.05, 0.1) is 6.07 Å². The Kier molecular flexibility index (Phi) is 23.0. The topological polar surface area (TPSA) is 198 Å². The molecule has 2 rings (SSSR count). The van der Waals surface area contributed by atoms with Crippen LogP contribution in [-0.2, 0) is 38.3 Å². The molecule has 1 saturated heterocycles. The van der Waals surface area contributed by atoms with Crippen molar-refractivity contribution >= 4 is 41.4 Å². The third kappa shape index (κ3) is 16.8. The van der Waals surface area contributed by atoms with E-state index in [1.165, 1.54) is 35.7 Å². The molecule has 2 fully saturated rings. The molecule has 0 spiro atoms. The second-order valence-corrected chi connectivity index (χ2v) is 19.5. The summed E-state index contributed by atoms with van der Waals surface area (Å²) in [6.45, 7) is 17.1. The second kappa shape index (κ2) is 26.4. The van der Waals surface area contributed by atoms with Gasteiger partial charge in [-0.15, -0.1) is 0 Å². The molecule has 8 atom stereocenters. The fraction of sp³-hybridized carbons (Fsp3) is 0.830. The van der Waals surface area contributed by atoms with E-state index in [9.17, 15) is 38.8 Å². The number of cyclic esters (lactones) is 1.